The van der Waals surface area contributed by atoms with Crippen molar-refractivity contribution in [2.24, 2.45) is 0 Å². The zero-order valence-corrected chi connectivity index (χ0v) is 13.0. The molecule has 2 aromatic carbocycles. The molecule has 21 heavy (non-hydrogen) atoms. The van der Waals surface area contributed by atoms with Crippen LogP contribution in [0.1, 0.15) is 0 Å². The van der Waals surface area contributed by atoms with E-state index in [-0.39, 0.29) is 0 Å². The monoisotopic (exact) mass is 358 g/mol. The van der Waals surface area contributed by atoms with Crippen LogP contribution in [0.5, 0.6) is 0 Å². The van der Waals surface area contributed by atoms with Crippen molar-refractivity contribution >= 4 is 44.2 Å². The Morgan fingerprint density at radius 2 is 1.81 bits per heavy atom. The van der Waals surface area contributed by atoms with E-state index < -0.39 is 0 Å². The van der Waals surface area contributed by atoms with E-state index in [1.54, 1.807) is 0 Å². The van der Waals surface area contributed by atoms with Gasteiger partial charge in [0.05, 0.1) is 11.0 Å². The van der Waals surface area contributed by atoms with E-state index in [9.17, 15) is 0 Å². The summed E-state index contributed by atoms with van der Waals surface area (Å²) in [4.78, 5) is 4.38. The van der Waals surface area contributed by atoms with Crippen LogP contribution >= 0.6 is 27.5 Å². The van der Waals surface area contributed by atoms with Crippen LogP contribution in [0.4, 0.5) is 0 Å². The minimum absolute atomic E-state index is 0.343. The van der Waals surface area contributed by atoms with Crippen LogP contribution in [0.2, 0.25) is 5.15 Å². The minimum Gasteiger partial charge on any atom is -0.271 e. The average molecular weight is 360 g/mol. The van der Waals surface area contributed by atoms with Gasteiger partial charge in [0.2, 0.25) is 0 Å². The van der Waals surface area contributed by atoms with Gasteiger partial charge < -0.3 is 0 Å². The van der Waals surface area contributed by atoms with Crippen molar-refractivity contribution in [2.75, 3.05) is 0 Å². The molecule has 0 fully saturated rings. The highest BCUT2D eigenvalue weighted by Crippen LogP contribution is 2.27. The molecule has 0 amide bonds. The number of aromatic nitrogens is 4. The molecule has 0 radical (unpaired) electrons. The number of benzene rings is 2. The highest BCUT2D eigenvalue weighted by atomic mass is 79.9. The summed E-state index contributed by atoms with van der Waals surface area (Å²) in [6.07, 6.45) is 0. The second-order valence-electron chi connectivity index (χ2n) is 4.58. The molecular weight excluding hydrogens is 352 g/mol. The Morgan fingerprint density at radius 3 is 2.62 bits per heavy atom. The highest BCUT2D eigenvalue weighted by molar-refractivity contribution is 9.10. The molecule has 0 aliphatic heterocycles. The molecule has 0 spiro atoms. The molecule has 0 aliphatic carbocycles. The van der Waals surface area contributed by atoms with Gasteiger partial charge >= 0.3 is 0 Å². The minimum atomic E-state index is 0.343. The number of fused-ring (bicyclic) bond motifs is 3. The van der Waals surface area contributed by atoms with Crippen molar-refractivity contribution in [1.82, 2.24) is 19.6 Å². The van der Waals surface area contributed by atoms with Crippen LogP contribution in [-0.4, -0.2) is 19.6 Å². The first-order valence-electron chi connectivity index (χ1n) is 6.29. The van der Waals surface area contributed by atoms with Gasteiger partial charge in [-0.15, -0.1) is 10.2 Å². The zero-order chi connectivity index (χ0) is 14.4. The maximum atomic E-state index is 6.24. The lowest BCUT2D eigenvalue weighted by Crippen LogP contribution is -1.95. The molecule has 0 unspecified atom stereocenters. The first-order valence-corrected chi connectivity index (χ1v) is 7.46. The lowest BCUT2D eigenvalue weighted by Gasteiger charge is -2.06. The van der Waals surface area contributed by atoms with E-state index in [1.807, 2.05) is 52.9 Å². The SMILES string of the molecule is Clc1nc2cc(Br)ccc2n2c(-c3ccccc3)nnc12. The molecule has 2 aromatic heterocycles. The van der Waals surface area contributed by atoms with E-state index >= 15 is 0 Å². The summed E-state index contributed by atoms with van der Waals surface area (Å²) in [5.74, 6) is 0.752. The van der Waals surface area contributed by atoms with Crippen LogP contribution < -0.4 is 0 Å². The van der Waals surface area contributed by atoms with Crippen molar-refractivity contribution in [3.8, 4) is 11.4 Å². The Kier molecular flexibility index (Phi) is 2.90. The number of hydrogen-bond acceptors (Lipinski definition) is 3. The van der Waals surface area contributed by atoms with E-state index in [2.05, 4.69) is 31.1 Å². The third-order valence-corrected chi connectivity index (χ3v) is 4.02. The quantitative estimate of drug-likeness (QED) is 0.507. The van der Waals surface area contributed by atoms with E-state index in [0.717, 1.165) is 26.9 Å². The maximum Gasteiger partial charge on any atom is 0.199 e. The molecule has 0 aliphatic rings. The summed E-state index contributed by atoms with van der Waals surface area (Å²) < 4.78 is 2.89. The van der Waals surface area contributed by atoms with Crippen molar-refractivity contribution in [2.45, 2.75) is 0 Å². The lowest BCUT2D eigenvalue weighted by molar-refractivity contribution is 1.12. The van der Waals surface area contributed by atoms with E-state index in [1.165, 1.54) is 0 Å². The van der Waals surface area contributed by atoms with Gasteiger partial charge in [-0.25, -0.2) is 4.98 Å². The first kappa shape index (κ1) is 12.7. The molecule has 4 rings (SSSR count). The third-order valence-electron chi connectivity index (χ3n) is 3.28. The van der Waals surface area contributed by atoms with Gasteiger partial charge in [0.15, 0.2) is 16.6 Å². The predicted molar refractivity (Wildman–Crippen MR) is 86.4 cm³/mol. The van der Waals surface area contributed by atoms with Gasteiger partial charge in [0.1, 0.15) is 0 Å². The second kappa shape index (κ2) is 4.79. The Hall–Kier alpha value is -1.98. The summed E-state index contributed by atoms with van der Waals surface area (Å²) in [6.45, 7) is 0. The maximum absolute atomic E-state index is 6.24. The van der Waals surface area contributed by atoms with Crippen LogP contribution in [0.15, 0.2) is 53.0 Å². The van der Waals surface area contributed by atoms with E-state index in [0.29, 0.717) is 10.8 Å². The highest BCUT2D eigenvalue weighted by Gasteiger charge is 2.15. The van der Waals surface area contributed by atoms with Gasteiger partial charge in [-0.3, -0.25) is 4.40 Å². The zero-order valence-electron chi connectivity index (χ0n) is 10.7. The van der Waals surface area contributed by atoms with Crippen molar-refractivity contribution in [3.05, 3.63) is 58.2 Å². The molecule has 6 heteroatoms. The Labute approximate surface area is 133 Å². The van der Waals surface area contributed by atoms with Gasteiger partial charge in [0.25, 0.3) is 0 Å². The number of nitrogens with zero attached hydrogens (tertiary/aromatic N) is 4. The molecule has 102 valence electrons. The molecule has 0 saturated heterocycles. The Morgan fingerprint density at radius 1 is 1.00 bits per heavy atom. The van der Waals surface area contributed by atoms with Crippen LogP contribution in [0.25, 0.3) is 28.1 Å². The van der Waals surface area contributed by atoms with Crippen molar-refractivity contribution in [3.63, 3.8) is 0 Å². The fraction of sp³-hybridized carbons (Fsp3) is 0. The molecule has 0 N–H and O–H groups in total. The van der Waals surface area contributed by atoms with Crippen LogP contribution in [-0.2, 0) is 0 Å². The van der Waals surface area contributed by atoms with Crippen molar-refractivity contribution in [1.29, 1.82) is 0 Å². The van der Waals surface area contributed by atoms with Crippen LogP contribution in [0.3, 0.4) is 0 Å². The topological polar surface area (TPSA) is 43.1 Å². The predicted octanol–water partition coefficient (Wildman–Crippen LogP) is 4.36. The summed E-state index contributed by atoms with van der Waals surface area (Å²) in [7, 11) is 0. The fourth-order valence-electron chi connectivity index (χ4n) is 2.35. The number of rotatable bonds is 1. The number of halogens is 2. The first-order chi connectivity index (χ1) is 10.2. The fourth-order valence-corrected chi connectivity index (χ4v) is 2.91. The smallest absolute Gasteiger partial charge is 0.199 e. The molecule has 4 aromatic rings. The summed E-state index contributed by atoms with van der Waals surface area (Å²) >= 11 is 9.69. The third kappa shape index (κ3) is 2.01. The van der Waals surface area contributed by atoms with Gasteiger partial charge in [-0.1, -0.05) is 57.9 Å². The largest absolute Gasteiger partial charge is 0.271 e. The average Bonchev–Trinajstić information content (AvgIpc) is 2.93. The molecule has 0 saturated carbocycles. The molecule has 0 atom stereocenters. The van der Waals surface area contributed by atoms with Gasteiger partial charge in [0, 0.05) is 10.0 Å². The normalized spacial score (nSPS) is 11.3. The summed E-state index contributed by atoms with van der Waals surface area (Å²) in [5.41, 5.74) is 3.25. The standard InChI is InChI=1S/C15H8BrClN4/c16-10-6-7-12-11(8-10)18-13(17)15-20-19-14(21(12)15)9-4-2-1-3-5-9/h1-8H. The number of hydrogen-bond donors (Lipinski definition) is 0. The van der Waals surface area contributed by atoms with Gasteiger partial charge in [-0.2, -0.15) is 0 Å². The van der Waals surface area contributed by atoms with Crippen molar-refractivity contribution < 1.29 is 0 Å². The molecule has 4 nitrogen and oxygen atoms in total. The Bertz CT molecular complexity index is 966. The summed E-state index contributed by atoms with van der Waals surface area (Å²) in [6, 6.07) is 15.8. The Balaban J connectivity index is 2.17. The second-order valence-corrected chi connectivity index (χ2v) is 5.86. The molecular formula is C15H8BrClN4. The molecule has 0 bridgehead atoms. The lowest BCUT2D eigenvalue weighted by atomic mass is 10.2. The molecule has 2 heterocycles. The van der Waals surface area contributed by atoms with Crippen LogP contribution in [0, 0.1) is 0 Å². The van der Waals surface area contributed by atoms with Gasteiger partial charge in [-0.05, 0) is 18.2 Å². The van der Waals surface area contributed by atoms with E-state index in [4.69, 9.17) is 11.6 Å². The summed E-state index contributed by atoms with van der Waals surface area (Å²) in [5, 5.41) is 8.79.